The number of methoxy groups -OCH3 is 1. The van der Waals surface area contributed by atoms with Gasteiger partial charge in [-0.25, -0.2) is 0 Å². The van der Waals surface area contributed by atoms with Crippen LogP contribution in [0, 0.1) is 5.41 Å². The Labute approximate surface area is 242 Å². The predicted molar refractivity (Wildman–Crippen MR) is 157 cm³/mol. The van der Waals surface area contributed by atoms with Gasteiger partial charge in [0.2, 0.25) is 0 Å². The van der Waals surface area contributed by atoms with E-state index < -0.39 is 17.8 Å². The number of rotatable bonds is 8. The van der Waals surface area contributed by atoms with Crippen LogP contribution in [0.1, 0.15) is 29.6 Å². The van der Waals surface area contributed by atoms with E-state index in [9.17, 15) is 22.8 Å². The number of pyridine rings is 1. The number of carbonyl (C=O) groups is 1. The first kappa shape index (κ1) is 29.6. The number of piperidine rings is 1. The number of amides is 1. The summed E-state index contributed by atoms with van der Waals surface area (Å²) in [6, 6.07) is 11.9. The van der Waals surface area contributed by atoms with E-state index >= 15 is 0 Å². The molecule has 2 fully saturated rings. The number of hydrogen-bond acceptors (Lipinski definition) is 7. The van der Waals surface area contributed by atoms with Gasteiger partial charge in [0.25, 0.3) is 11.5 Å². The van der Waals surface area contributed by atoms with Crippen LogP contribution in [0.3, 0.4) is 0 Å². The Morgan fingerprint density at radius 1 is 1.07 bits per heavy atom. The number of fused-ring (bicyclic) bond motifs is 1. The van der Waals surface area contributed by atoms with Crippen molar-refractivity contribution < 1.29 is 27.4 Å². The zero-order valence-electron chi connectivity index (χ0n) is 24.0. The normalized spacial score (nSPS) is 16.8. The molecule has 9 nitrogen and oxygen atoms in total. The zero-order chi connectivity index (χ0) is 30.2. The molecule has 0 saturated carbocycles. The van der Waals surface area contributed by atoms with E-state index in [4.69, 9.17) is 10.5 Å². The van der Waals surface area contributed by atoms with Crippen LogP contribution in [0.15, 0.2) is 47.3 Å². The van der Waals surface area contributed by atoms with E-state index in [0.29, 0.717) is 49.7 Å². The summed E-state index contributed by atoms with van der Waals surface area (Å²) in [6.07, 6.45) is -2.25. The molecule has 2 aliphatic heterocycles. The number of aryl methyl sites for hydroxylation is 1. The molecule has 1 aromatic heterocycles. The number of benzene rings is 2. The zero-order valence-corrected chi connectivity index (χ0v) is 24.0. The molecule has 1 spiro atoms. The van der Waals surface area contributed by atoms with Crippen LogP contribution >= 0.6 is 0 Å². The van der Waals surface area contributed by atoms with Gasteiger partial charge in [-0.1, -0.05) is 6.07 Å². The molecule has 0 bridgehead atoms. The predicted octanol–water partition coefficient (Wildman–Crippen LogP) is 4.12. The van der Waals surface area contributed by atoms with Crippen LogP contribution in [0.5, 0.6) is 5.75 Å². The Bertz CT molecular complexity index is 1530. The van der Waals surface area contributed by atoms with Gasteiger partial charge in [0.1, 0.15) is 11.3 Å². The van der Waals surface area contributed by atoms with Crippen LogP contribution in [-0.2, 0) is 11.8 Å². The minimum atomic E-state index is -4.74. The van der Waals surface area contributed by atoms with Gasteiger partial charge in [0.15, 0.2) is 0 Å². The summed E-state index contributed by atoms with van der Waals surface area (Å²) in [5.74, 6) is -0.998. The highest BCUT2D eigenvalue weighted by atomic mass is 19.4. The van der Waals surface area contributed by atoms with Crippen molar-refractivity contribution in [3.63, 3.8) is 0 Å². The standard InChI is InChI=1S/C30H36F3N5O4/c1-35(15-16-41-3)20-7-8-23-24(18-20)36(2)28(40)25(27(34)39)26(23)37-12-9-29(10-13-37)11-14-38(19-29)21-5-4-6-22(17-21)42-30(31,32)33/h4-8,17-18H,9-16,19H2,1-3H3,(H2,34,39). The third-order valence-corrected chi connectivity index (χ3v) is 8.67. The second-order valence-corrected chi connectivity index (χ2v) is 11.3. The molecular weight excluding hydrogens is 551 g/mol. The lowest BCUT2D eigenvalue weighted by Crippen LogP contribution is -2.43. The summed E-state index contributed by atoms with van der Waals surface area (Å²) in [4.78, 5) is 32.3. The van der Waals surface area contributed by atoms with E-state index in [0.717, 1.165) is 36.9 Å². The largest absolute Gasteiger partial charge is 0.573 e. The van der Waals surface area contributed by atoms with Crippen molar-refractivity contribution in [1.29, 1.82) is 0 Å². The summed E-state index contributed by atoms with van der Waals surface area (Å²) < 4.78 is 49.0. The number of likely N-dealkylation sites (N-methyl/N-ethyl adjacent to an activating group) is 1. The number of nitrogens with two attached hydrogens (primary N) is 1. The Kier molecular flexibility index (Phi) is 8.02. The quantitative estimate of drug-likeness (QED) is 0.424. The van der Waals surface area contributed by atoms with E-state index in [1.807, 2.05) is 30.1 Å². The number of halogens is 3. The number of alkyl halides is 3. The third kappa shape index (κ3) is 5.85. The van der Waals surface area contributed by atoms with Crippen molar-refractivity contribution in [3.8, 4) is 5.75 Å². The van der Waals surface area contributed by atoms with Crippen molar-refractivity contribution in [2.75, 3.05) is 68.2 Å². The average Bonchev–Trinajstić information content (AvgIpc) is 3.36. The lowest BCUT2D eigenvalue weighted by molar-refractivity contribution is -0.274. The van der Waals surface area contributed by atoms with Crippen molar-refractivity contribution in [2.24, 2.45) is 18.2 Å². The SMILES string of the molecule is COCCN(C)c1ccc2c(N3CCC4(CCN(c5cccc(OC(F)(F)F)c5)C4)CC3)c(C(N)=O)c(=O)n(C)c2c1. The Morgan fingerprint density at radius 2 is 1.76 bits per heavy atom. The van der Waals surface area contributed by atoms with Crippen molar-refractivity contribution in [2.45, 2.75) is 25.6 Å². The van der Waals surface area contributed by atoms with Crippen molar-refractivity contribution >= 4 is 33.9 Å². The summed E-state index contributed by atoms with van der Waals surface area (Å²) in [5, 5.41) is 0.778. The molecule has 2 saturated heterocycles. The van der Waals surface area contributed by atoms with Gasteiger partial charge in [0, 0.05) is 76.8 Å². The monoisotopic (exact) mass is 587 g/mol. The summed E-state index contributed by atoms with van der Waals surface area (Å²) in [5.41, 5.74) is 8.17. The van der Waals surface area contributed by atoms with E-state index in [-0.39, 0.29) is 16.7 Å². The van der Waals surface area contributed by atoms with Crippen molar-refractivity contribution in [1.82, 2.24) is 4.57 Å². The first-order valence-electron chi connectivity index (χ1n) is 13.9. The molecule has 5 rings (SSSR count). The fourth-order valence-electron chi connectivity index (χ4n) is 6.30. The fourth-order valence-corrected chi connectivity index (χ4v) is 6.30. The molecule has 0 unspecified atom stereocenters. The molecule has 42 heavy (non-hydrogen) atoms. The van der Waals surface area contributed by atoms with E-state index in [2.05, 4.69) is 14.5 Å². The number of nitrogens with zero attached hydrogens (tertiary/aromatic N) is 4. The Balaban J connectivity index is 1.40. The molecule has 2 aliphatic rings. The molecular formula is C30H36F3N5O4. The summed E-state index contributed by atoms with van der Waals surface area (Å²) in [7, 11) is 5.24. The second kappa shape index (κ2) is 11.4. The molecule has 12 heteroatoms. The molecule has 1 amide bonds. The van der Waals surface area contributed by atoms with E-state index in [1.54, 1.807) is 26.3 Å². The van der Waals surface area contributed by atoms with Crippen LogP contribution in [0.4, 0.5) is 30.2 Å². The first-order chi connectivity index (χ1) is 19.9. The highest BCUT2D eigenvalue weighted by molar-refractivity contribution is 6.07. The number of primary amides is 1. The van der Waals surface area contributed by atoms with Crippen LogP contribution in [0.25, 0.3) is 10.9 Å². The maximum absolute atomic E-state index is 13.4. The smallest absolute Gasteiger partial charge is 0.406 e. The topological polar surface area (TPSA) is 93.3 Å². The van der Waals surface area contributed by atoms with Gasteiger partial charge in [-0.05, 0) is 55.0 Å². The fraction of sp³-hybridized carbons (Fsp3) is 0.467. The minimum Gasteiger partial charge on any atom is -0.406 e. The number of hydrogen-bond donors (Lipinski definition) is 1. The van der Waals surface area contributed by atoms with Gasteiger partial charge in [0.05, 0.1) is 17.8 Å². The average molecular weight is 588 g/mol. The second-order valence-electron chi connectivity index (χ2n) is 11.3. The van der Waals surface area contributed by atoms with E-state index in [1.165, 1.54) is 16.7 Å². The van der Waals surface area contributed by atoms with Crippen LogP contribution in [0.2, 0.25) is 0 Å². The van der Waals surface area contributed by atoms with Crippen LogP contribution in [-0.4, -0.2) is 70.3 Å². The molecule has 3 heterocycles. The molecule has 2 N–H and O–H groups in total. The third-order valence-electron chi connectivity index (χ3n) is 8.67. The van der Waals surface area contributed by atoms with Crippen LogP contribution < -0.4 is 30.7 Å². The minimum absolute atomic E-state index is 0.0176. The number of aromatic nitrogens is 1. The molecule has 3 aromatic rings. The number of carbonyl (C=O) groups excluding carboxylic acids is 1. The maximum atomic E-state index is 13.4. The molecule has 2 aromatic carbocycles. The Hall–Kier alpha value is -3.93. The maximum Gasteiger partial charge on any atom is 0.573 e. The Morgan fingerprint density at radius 3 is 2.40 bits per heavy atom. The van der Waals surface area contributed by atoms with Gasteiger partial charge in [-0.15, -0.1) is 13.2 Å². The molecule has 226 valence electrons. The highest BCUT2D eigenvalue weighted by Crippen LogP contribution is 2.44. The first-order valence-corrected chi connectivity index (χ1v) is 13.9. The summed E-state index contributed by atoms with van der Waals surface area (Å²) in [6.45, 7) is 3.88. The molecule has 0 atom stereocenters. The lowest BCUT2D eigenvalue weighted by atomic mass is 9.77. The van der Waals surface area contributed by atoms with Gasteiger partial charge < -0.3 is 34.5 Å². The summed E-state index contributed by atoms with van der Waals surface area (Å²) >= 11 is 0. The van der Waals surface area contributed by atoms with Gasteiger partial charge >= 0.3 is 6.36 Å². The van der Waals surface area contributed by atoms with Crippen molar-refractivity contribution in [3.05, 3.63) is 58.4 Å². The van der Waals surface area contributed by atoms with Gasteiger partial charge in [-0.2, -0.15) is 0 Å². The number of ether oxygens (including phenoxy) is 2. The number of anilines is 3. The molecule has 0 aliphatic carbocycles. The van der Waals surface area contributed by atoms with Gasteiger partial charge in [-0.3, -0.25) is 9.59 Å². The lowest BCUT2D eigenvalue weighted by Gasteiger charge is -2.41. The molecule has 0 radical (unpaired) electrons. The highest BCUT2D eigenvalue weighted by Gasteiger charge is 2.42.